The molecule has 57 heavy (non-hydrogen) atoms. The normalized spacial score (nSPS) is 20.5. The summed E-state index contributed by atoms with van der Waals surface area (Å²) in [5.74, 6) is 1.38. The molecule has 3 aliphatic heterocycles. The van der Waals surface area contributed by atoms with Crippen LogP contribution in [0.25, 0.3) is 33.8 Å². The molecule has 10 rings (SSSR count). The highest BCUT2D eigenvalue weighted by Crippen LogP contribution is 2.60. The van der Waals surface area contributed by atoms with Gasteiger partial charge in [0.1, 0.15) is 35.6 Å². The van der Waals surface area contributed by atoms with E-state index < -0.39 is 35.7 Å². The first-order valence-corrected chi connectivity index (χ1v) is 19.4. The Bertz CT molecular complexity index is 2720. The number of H-pyrrole nitrogens is 1. The molecule has 286 valence electrons. The lowest BCUT2D eigenvalue weighted by Crippen LogP contribution is -2.49. The summed E-state index contributed by atoms with van der Waals surface area (Å²) >= 11 is 3.75. The number of ether oxygens (including phenoxy) is 2. The van der Waals surface area contributed by atoms with E-state index in [0.717, 1.165) is 37.8 Å². The quantitative estimate of drug-likeness (QED) is 0.110. The number of para-hydroxylation sites is 2. The van der Waals surface area contributed by atoms with Gasteiger partial charge in [0.05, 0.1) is 17.4 Å². The fourth-order valence-corrected chi connectivity index (χ4v) is 8.72. The van der Waals surface area contributed by atoms with Crippen LogP contribution in [0.1, 0.15) is 53.8 Å². The summed E-state index contributed by atoms with van der Waals surface area (Å²) in [6.07, 6.45) is 2.15. The zero-order chi connectivity index (χ0) is 39.0. The third-order valence-electron chi connectivity index (χ3n) is 11.0. The molecule has 4 aromatic carbocycles. The summed E-state index contributed by atoms with van der Waals surface area (Å²) < 4.78 is 26.6. The second-order valence-electron chi connectivity index (χ2n) is 14.8. The van der Waals surface area contributed by atoms with Crippen molar-refractivity contribution in [2.75, 3.05) is 5.32 Å². The molecule has 7 aromatic rings. The number of oxazole rings is 2. The summed E-state index contributed by atoms with van der Waals surface area (Å²) in [6, 6.07) is 24.6. The first kappa shape index (κ1) is 34.9. The van der Waals surface area contributed by atoms with Gasteiger partial charge in [0.2, 0.25) is 17.7 Å². The van der Waals surface area contributed by atoms with Gasteiger partial charge in [0.15, 0.2) is 23.4 Å². The SMILES string of the molecule is CC(C)[C@@H]1NC(=O)[C@@H](NC(=O)OCc2ccccc2)Cc2ccc3c(c2)C2(c4cccc(Br)c4N[C@H]2O3)c2oc1nc2-c1ncc(-c2c[nH]c3c(O)cccc23)o1. The highest BCUT2D eigenvalue weighted by Gasteiger charge is 2.61. The van der Waals surface area contributed by atoms with Gasteiger partial charge in [-0.05, 0) is 51.2 Å². The van der Waals surface area contributed by atoms with Crippen molar-refractivity contribution in [3.05, 3.63) is 136 Å². The number of fused-ring (bicyclic) bond motifs is 5. The van der Waals surface area contributed by atoms with Gasteiger partial charge in [-0.15, -0.1) is 0 Å². The predicted molar refractivity (Wildman–Crippen MR) is 212 cm³/mol. The van der Waals surface area contributed by atoms with E-state index in [9.17, 15) is 14.7 Å². The van der Waals surface area contributed by atoms with Crippen LogP contribution in [0, 0.1) is 5.92 Å². The Morgan fingerprint density at radius 3 is 2.72 bits per heavy atom. The van der Waals surface area contributed by atoms with Crippen LogP contribution < -0.4 is 20.7 Å². The Balaban J connectivity index is 1.13. The number of rotatable bonds is 6. The number of aromatic hydroxyl groups is 1. The number of carbonyl (C=O) groups excluding carboxylic acids is 2. The van der Waals surface area contributed by atoms with Crippen molar-refractivity contribution in [2.24, 2.45) is 5.92 Å². The third-order valence-corrected chi connectivity index (χ3v) is 11.6. The van der Waals surface area contributed by atoms with Crippen LogP contribution in [0.4, 0.5) is 10.5 Å². The largest absolute Gasteiger partial charge is 0.506 e. The number of hydrogen-bond donors (Lipinski definition) is 5. The van der Waals surface area contributed by atoms with Crippen LogP contribution in [0.2, 0.25) is 0 Å². The van der Waals surface area contributed by atoms with Gasteiger partial charge in [0, 0.05) is 39.2 Å². The average Bonchev–Trinajstić information content (AvgIpc) is 4.04. The van der Waals surface area contributed by atoms with E-state index in [0.29, 0.717) is 34.0 Å². The zero-order valence-electron chi connectivity index (χ0n) is 30.6. The number of anilines is 1. The number of amides is 2. The summed E-state index contributed by atoms with van der Waals surface area (Å²) in [5.41, 5.74) is 4.59. The number of benzene rings is 4. The van der Waals surface area contributed by atoms with Crippen molar-refractivity contribution in [2.45, 2.75) is 50.6 Å². The first-order valence-electron chi connectivity index (χ1n) is 18.6. The van der Waals surface area contributed by atoms with Crippen LogP contribution >= 0.6 is 15.9 Å². The van der Waals surface area contributed by atoms with Gasteiger partial charge >= 0.3 is 6.09 Å². The Morgan fingerprint density at radius 2 is 1.88 bits per heavy atom. The molecule has 5 N–H and O–H groups in total. The number of aromatic nitrogens is 3. The van der Waals surface area contributed by atoms with E-state index in [1.807, 2.05) is 86.6 Å². The van der Waals surface area contributed by atoms with Gasteiger partial charge in [0.25, 0.3) is 0 Å². The number of halogens is 1. The molecule has 3 aliphatic rings. The van der Waals surface area contributed by atoms with Crippen molar-refractivity contribution in [3.63, 3.8) is 0 Å². The highest BCUT2D eigenvalue weighted by molar-refractivity contribution is 9.10. The Kier molecular flexibility index (Phi) is 8.15. The smallest absolute Gasteiger partial charge is 0.408 e. The fraction of sp³-hybridized carbons (Fsp3) is 0.209. The summed E-state index contributed by atoms with van der Waals surface area (Å²) in [7, 11) is 0. The minimum atomic E-state index is -1.10. The lowest BCUT2D eigenvalue weighted by Gasteiger charge is -2.28. The number of nitrogens with one attached hydrogen (secondary N) is 4. The number of alkyl carbamates (subject to hydrolysis) is 1. The van der Waals surface area contributed by atoms with E-state index in [1.54, 1.807) is 24.5 Å². The lowest BCUT2D eigenvalue weighted by molar-refractivity contribution is -0.124. The summed E-state index contributed by atoms with van der Waals surface area (Å²) in [4.78, 5) is 40.5. The molecule has 0 radical (unpaired) electrons. The van der Waals surface area contributed by atoms with Crippen molar-refractivity contribution in [1.29, 1.82) is 0 Å². The molecule has 0 saturated heterocycles. The molecule has 0 saturated carbocycles. The maximum Gasteiger partial charge on any atom is 0.408 e. The predicted octanol–water partition coefficient (Wildman–Crippen LogP) is 8.09. The lowest BCUT2D eigenvalue weighted by atomic mass is 9.72. The zero-order valence-corrected chi connectivity index (χ0v) is 32.2. The van der Waals surface area contributed by atoms with Crippen LogP contribution in [0.15, 0.2) is 111 Å². The second kappa shape index (κ2) is 13.3. The number of carbonyl (C=O) groups is 2. The van der Waals surface area contributed by atoms with Crippen molar-refractivity contribution < 1.29 is 33.0 Å². The van der Waals surface area contributed by atoms with Crippen LogP contribution in [0.5, 0.6) is 11.5 Å². The molecule has 13 nitrogen and oxygen atoms in total. The Hall–Kier alpha value is -6.54. The number of nitrogens with zero attached hydrogens (tertiary/aromatic N) is 2. The Labute approximate surface area is 333 Å². The van der Waals surface area contributed by atoms with Crippen LogP contribution in [0.3, 0.4) is 0 Å². The average molecular weight is 828 g/mol. The molecule has 4 bridgehead atoms. The number of hydrogen-bond acceptors (Lipinski definition) is 10. The van der Waals surface area contributed by atoms with E-state index >= 15 is 0 Å². The molecule has 6 heterocycles. The minimum absolute atomic E-state index is 0.0465. The van der Waals surface area contributed by atoms with Gasteiger partial charge in [-0.1, -0.05) is 80.6 Å². The van der Waals surface area contributed by atoms with Crippen molar-refractivity contribution in [3.8, 4) is 34.4 Å². The van der Waals surface area contributed by atoms with E-state index in [2.05, 4.69) is 36.9 Å². The maximum absolute atomic E-state index is 14.3. The number of phenols is 1. The molecule has 0 fully saturated rings. The first-order chi connectivity index (χ1) is 27.7. The van der Waals surface area contributed by atoms with Crippen LogP contribution in [-0.2, 0) is 28.0 Å². The summed E-state index contributed by atoms with van der Waals surface area (Å²) in [5, 5.41) is 20.8. The molecule has 14 heteroatoms. The fourth-order valence-electron chi connectivity index (χ4n) is 8.24. The Morgan fingerprint density at radius 1 is 1.04 bits per heavy atom. The maximum atomic E-state index is 14.3. The second-order valence-corrected chi connectivity index (χ2v) is 15.7. The van der Waals surface area contributed by atoms with Gasteiger partial charge < -0.3 is 44.3 Å². The molecule has 3 aromatic heterocycles. The highest BCUT2D eigenvalue weighted by atomic mass is 79.9. The van der Waals surface area contributed by atoms with E-state index in [4.69, 9.17) is 28.3 Å². The molecular formula is C43H35BrN6O7. The van der Waals surface area contributed by atoms with Crippen LogP contribution in [-0.4, -0.2) is 44.3 Å². The minimum Gasteiger partial charge on any atom is -0.506 e. The number of aromatic amines is 1. The van der Waals surface area contributed by atoms with E-state index in [-0.39, 0.29) is 36.5 Å². The molecule has 1 unspecified atom stereocenters. The van der Waals surface area contributed by atoms with Gasteiger partial charge in [-0.25, -0.2) is 14.8 Å². The standard InChI is InChI=1S/C43H35BrN6O7/c1-21(2)33-40-49-36(39-46-19-32(55-39)25-18-45-34-24(25)10-6-13-30(34)51)37(57-40)43-26-11-7-12-28(44)35(26)50-41(43)56-31-15-14-23(16-27(31)43)17-29(38(52)48-33)47-42(53)54-20-22-8-4-3-5-9-22/h3-16,18-19,21,29,33,41,45,50-51H,17,20H2,1-2H3,(H,47,53)(H,48,52)/t29-,33-,41-,43?/m0/s1. The number of phenolic OH excluding ortho intramolecular Hbond substituents is 1. The third kappa shape index (κ3) is 5.57. The molecule has 1 spiro atoms. The van der Waals surface area contributed by atoms with Gasteiger partial charge in [-0.3, -0.25) is 4.79 Å². The van der Waals surface area contributed by atoms with Gasteiger partial charge in [-0.2, -0.15) is 0 Å². The van der Waals surface area contributed by atoms with Crippen molar-refractivity contribution in [1.82, 2.24) is 25.6 Å². The molecule has 0 aliphatic carbocycles. The van der Waals surface area contributed by atoms with Crippen molar-refractivity contribution >= 4 is 44.5 Å². The topological polar surface area (TPSA) is 177 Å². The molecule has 4 atom stereocenters. The summed E-state index contributed by atoms with van der Waals surface area (Å²) in [6.45, 7) is 3.96. The molecular weight excluding hydrogens is 792 g/mol. The van der Waals surface area contributed by atoms with E-state index in [1.165, 1.54) is 0 Å². The molecule has 2 amide bonds. The monoisotopic (exact) mass is 826 g/mol.